The van der Waals surface area contributed by atoms with Crippen LogP contribution in [0.4, 0.5) is 0 Å². The fourth-order valence-electron chi connectivity index (χ4n) is 2.33. The molecule has 0 spiro atoms. The third-order valence-corrected chi connectivity index (χ3v) is 3.54. The molecule has 0 aliphatic carbocycles. The van der Waals surface area contributed by atoms with Gasteiger partial charge in [0.1, 0.15) is 11.7 Å². The van der Waals surface area contributed by atoms with E-state index in [0.29, 0.717) is 17.7 Å². The van der Waals surface area contributed by atoms with Crippen molar-refractivity contribution >= 4 is 11.8 Å². The minimum atomic E-state index is -0.842. The van der Waals surface area contributed by atoms with Gasteiger partial charge in [0.25, 0.3) is 0 Å². The molecule has 0 unspecified atom stereocenters. The Labute approximate surface area is 136 Å². The van der Waals surface area contributed by atoms with E-state index in [0.717, 1.165) is 5.56 Å². The summed E-state index contributed by atoms with van der Waals surface area (Å²) in [6.07, 6.45) is 0.324. The van der Waals surface area contributed by atoms with Crippen LogP contribution in [0.2, 0.25) is 0 Å². The van der Waals surface area contributed by atoms with Gasteiger partial charge in [0, 0.05) is 5.56 Å². The van der Waals surface area contributed by atoms with Crippen molar-refractivity contribution in [2.24, 2.45) is 5.92 Å². The molecule has 0 N–H and O–H groups in total. The molecule has 0 aromatic heterocycles. The van der Waals surface area contributed by atoms with Crippen LogP contribution in [0.1, 0.15) is 22.8 Å². The summed E-state index contributed by atoms with van der Waals surface area (Å²) >= 11 is 0. The van der Waals surface area contributed by atoms with Gasteiger partial charge >= 0.3 is 5.97 Å². The Hall–Kier alpha value is -2.62. The molecule has 0 bridgehead atoms. The van der Waals surface area contributed by atoms with Crippen molar-refractivity contribution < 1.29 is 19.1 Å². The van der Waals surface area contributed by atoms with E-state index in [1.807, 2.05) is 30.3 Å². The largest absolute Gasteiger partial charge is 0.497 e. The van der Waals surface area contributed by atoms with E-state index in [4.69, 9.17) is 9.47 Å². The zero-order valence-electron chi connectivity index (χ0n) is 13.3. The first-order chi connectivity index (χ1) is 11.2. The molecular weight excluding hydrogens is 292 g/mol. The first-order valence-corrected chi connectivity index (χ1v) is 7.54. The number of ether oxygens (including phenoxy) is 2. The van der Waals surface area contributed by atoms with Gasteiger partial charge < -0.3 is 9.47 Å². The molecule has 0 amide bonds. The number of hydrogen-bond acceptors (Lipinski definition) is 4. The maximum Gasteiger partial charge on any atom is 0.317 e. The van der Waals surface area contributed by atoms with Crippen molar-refractivity contribution in [1.82, 2.24) is 0 Å². The van der Waals surface area contributed by atoms with E-state index in [9.17, 15) is 9.59 Å². The molecule has 2 aromatic carbocycles. The van der Waals surface area contributed by atoms with E-state index in [1.165, 1.54) is 0 Å². The standard InChI is InChI=1S/C19H20O4/c1-3-23-19(21)17(13-14-7-5-4-6-8-14)18(20)15-9-11-16(22-2)12-10-15/h4-12,17H,3,13H2,1-2H3/t17-/m1/s1. The molecule has 23 heavy (non-hydrogen) atoms. The van der Waals surface area contributed by atoms with Crippen molar-refractivity contribution in [1.29, 1.82) is 0 Å². The van der Waals surface area contributed by atoms with Gasteiger partial charge in [0.2, 0.25) is 0 Å². The minimum Gasteiger partial charge on any atom is -0.497 e. The number of methoxy groups -OCH3 is 1. The zero-order valence-corrected chi connectivity index (χ0v) is 13.3. The molecule has 1 atom stereocenters. The van der Waals surface area contributed by atoms with Gasteiger partial charge in [0.15, 0.2) is 5.78 Å². The first-order valence-electron chi connectivity index (χ1n) is 7.54. The fourth-order valence-corrected chi connectivity index (χ4v) is 2.33. The molecule has 0 saturated heterocycles. The van der Waals surface area contributed by atoms with Crippen molar-refractivity contribution in [2.45, 2.75) is 13.3 Å². The topological polar surface area (TPSA) is 52.6 Å². The number of ketones is 1. The predicted octanol–water partition coefficient (Wildman–Crippen LogP) is 3.30. The third kappa shape index (κ3) is 4.42. The van der Waals surface area contributed by atoms with Crippen LogP contribution in [0.3, 0.4) is 0 Å². The van der Waals surface area contributed by atoms with Gasteiger partial charge in [-0.2, -0.15) is 0 Å². The lowest BCUT2D eigenvalue weighted by Gasteiger charge is -2.15. The Balaban J connectivity index is 2.24. The molecule has 0 saturated carbocycles. The summed E-state index contributed by atoms with van der Waals surface area (Å²) in [5.41, 5.74) is 1.40. The maximum absolute atomic E-state index is 12.7. The summed E-state index contributed by atoms with van der Waals surface area (Å²) in [5.74, 6) is -0.907. The summed E-state index contributed by atoms with van der Waals surface area (Å²) in [7, 11) is 1.56. The van der Waals surface area contributed by atoms with E-state index in [2.05, 4.69) is 0 Å². The molecule has 0 radical (unpaired) electrons. The Morgan fingerprint density at radius 3 is 2.22 bits per heavy atom. The summed E-state index contributed by atoms with van der Waals surface area (Å²) in [6, 6.07) is 16.2. The van der Waals surface area contributed by atoms with Crippen molar-refractivity contribution in [3.8, 4) is 5.75 Å². The van der Waals surface area contributed by atoms with E-state index >= 15 is 0 Å². The number of carbonyl (C=O) groups is 2. The second-order valence-electron chi connectivity index (χ2n) is 5.09. The molecular formula is C19H20O4. The second kappa shape index (κ2) is 8.13. The number of benzene rings is 2. The summed E-state index contributed by atoms with van der Waals surface area (Å²) in [6.45, 7) is 1.98. The van der Waals surface area contributed by atoms with Crippen molar-refractivity contribution in [3.05, 3.63) is 65.7 Å². The van der Waals surface area contributed by atoms with Crippen LogP contribution in [0, 0.1) is 5.92 Å². The predicted molar refractivity (Wildman–Crippen MR) is 87.6 cm³/mol. The van der Waals surface area contributed by atoms with Crippen LogP contribution in [-0.4, -0.2) is 25.5 Å². The quantitative estimate of drug-likeness (QED) is 0.447. The smallest absolute Gasteiger partial charge is 0.317 e. The molecule has 0 aliphatic heterocycles. The lowest BCUT2D eigenvalue weighted by Crippen LogP contribution is -2.28. The Morgan fingerprint density at radius 2 is 1.65 bits per heavy atom. The van der Waals surface area contributed by atoms with Gasteiger partial charge in [-0.3, -0.25) is 9.59 Å². The highest BCUT2D eigenvalue weighted by Gasteiger charge is 2.29. The third-order valence-electron chi connectivity index (χ3n) is 3.54. The van der Waals surface area contributed by atoms with Crippen LogP contribution >= 0.6 is 0 Å². The number of Topliss-reactive ketones (excluding diaryl/α,β-unsaturated/α-hetero) is 1. The van der Waals surface area contributed by atoms with E-state index in [1.54, 1.807) is 38.3 Å². The molecule has 4 nitrogen and oxygen atoms in total. The zero-order chi connectivity index (χ0) is 16.7. The van der Waals surface area contributed by atoms with Crippen LogP contribution in [0.25, 0.3) is 0 Å². The summed E-state index contributed by atoms with van der Waals surface area (Å²) in [5, 5.41) is 0. The number of rotatable bonds is 7. The van der Waals surface area contributed by atoms with E-state index in [-0.39, 0.29) is 12.4 Å². The minimum absolute atomic E-state index is 0.241. The first kappa shape index (κ1) is 16.7. The average Bonchev–Trinajstić information content (AvgIpc) is 2.60. The molecule has 0 aliphatic rings. The molecule has 0 fully saturated rings. The highest BCUT2D eigenvalue weighted by atomic mass is 16.5. The van der Waals surface area contributed by atoms with Crippen LogP contribution in [0.5, 0.6) is 5.75 Å². The maximum atomic E-state index is 12.7. The Kier molecular flexibility index (Phi) is 5.92. The Morgan fingerprint density at radius 1 is 1.00 bits per heavy atom. The SMILES string of the molecule is CCOC(=O)[C@H](Cc1ccccc1)C(=O)c1ccc(OC)cc1. The van der Waals surface area contributed by atoms with Gasteiger partial charge in [-0.15, -0.1) is 0 Å². The van der Waals surface area contributed by atoms with Crippen molar-refractivity contribution in [2.75, 3.05) is 13.7 Å². The Bertz CT molecular complexity index is 647. The fraction of sp³-hybridized carbons (Fsp3) is 0.263. The highest BCUT2D eigenvalue weighted by Crippen LogP contribution is 2.19. The van der Waals surface area contributed by atoms with Crippen molar-refractivity contribution in [3.63, 3.8) is 0 Å². The van der Waals surface area contributed by atoms with Gasteiger partial charge in [-0.1, -0.05) is 30.3 Å². The number of esters is 1. The van der Waals surface area contributed by atoms with Crippen LogP contribution in [-0.2, 0) is 16.0 Å². The molecule has 2 aromatic rings. The van der Waals surface area contributed by atoms with Crippen LogP contribution in [0.15, 0.2) is 54.6 Å². The molecule has 0 heterocycles. The van der Waals surface area contributed by atoms with Gasteiger partial charge in [0.05, 0.1) is 13.7 Å². The lowest BCUT2D eigenvalue weighted by atomic mass is 9.91. The van der Waals surface area contributed by atoms with Gasteiger partial charge in [-0.05, 0) is 43.2 Å². The monoisotopic (exact) mass is 312 g/mol. The molecule has 120 valence electrons. The molecule has 4 heteroatoms. The van der Waals surface area contributed by atoms with Crippen LogP contribution < -0.4 is 4.74 Å². The normalized spacial score (nSPS) is 11.6. The molecule has 2 rings (SSSR count). The summed E-state index contributed by atoms with van der Waals surface area (Å²) < 4.78 is 10.2. The summed E-state index contributed by atoms with van der Waals surface area (Å²) in [4.78, 5) is 24.9. The lowest BCUT2D eigenvalue weighted by molar-refractivity contribution is -0.146. The average molecular weight is 312 g/mol. The number of hydrogen-bond donors (Lipinski definition) is 0. The van der Waals surface area contributed by atoms with E-state index < -0.39 is 11.9 Å². The van der Waals surface area contributed by atoms with Gasteiger partial charge in [-0.25, -0.2) is 0 Å². The number of carbonyl (C=O) groups excluding carboxylic acids is 2. The highest BCUT2D eigenvalue weighted by molar-refractivity contribution is 6.08. The second-order valence-corrected chi connectivity index (χ2v) is 5.09.